The van der Waals surface area contributed by atoms with Crippen molar-refractivity contribution in [2.75, 3.05) is 17.7 Å². The number of nitrogen functional groups attached to an aromatic ring is 1. The van der Waals surface area contributed by atoms with E-state index in [2.05, 4.69) is 15.0 Å². The maximum absolute atomic E-state index is 11.2. The van der Waals surface area contributed by atoms with Gasteiger partial charge in [0.1, 0.15) is 5.69 Å². The van der Waals surface area contributed by atoms with Crippen molar-refractivity contribution in [3.8, 4) is 0 Å². The van der Waals surface area contributed by atoms with Gasteiger partial charge in [0.25, 0.3) is 0 Å². The van der Waals surface area contributed by atoms with Crippen LogP contribution in [0, 0.1) is 24.0 Å². The minimum absolute atomic E-state index is 0.0113. The number of aryl methyl sites for hydroxylation is 2. The van der Waals surface area contributed by atoms with E-state index >= 15 is 0 Å². The van der Waals surface area contributed by atoms with Gasteiger partial charge in [-0.05, 0) is 26.0 Å². The van der Waals surface area contributed by atoms with Gasteiger partial charge in [-0.3, -0.25) is 15.1 Å². The van der Waals surface area contributed by atoms with Crippen molar-refractivity contribution in [1.82, 2.24) is 15.0 Å². The summed E-state index contributed by atoms with van der Waals surface area (Å²) in [5, 5.41) is 11.2. The largest absolute Gasteiger partial charge is 0.368 e. The predicted octanol–water partition coefficient (Wildman–Crippen LogP) is 1.62. The quantitative estimate of drug-likeness (QED) is 0.672. The van der Waals surface area contributed by atoms with E-state index < -0.39 is 4.92 Å². The van der Waals surface area contributed by atoms with E-state index in [-0.39, 0.29) is 23.1 Å². The van der Waals surface area contributed by atoms with Crippen molar-refractivity contribution in [2.45, 2.75) is 20.4 Å². The van der Waals surface area contributed by atoms with Crippen molar-refractivity contribution in [3.63, 3.8) is 0 Å². The zero-order valence-electron chi connectivity index (χ0n) is 12.1. The molecule has 2 heterocycles. The minimum Gasteiger partial charge on any atom is -0.368 e. The maximum Gasteiger partial charge on any atom is 0.332 e. The van der Waals surface area contributed by atoms with Gasteiger partial charge in [0.2, 0.25) is 11.8 Å². The lowest BCUT2D eigenvalue weighted by Gasteiger charge is -2.18. The summed E-state index contributed by atoms with van der Waals surface area (Å²) in [6.45, 7) is 3.82. The zero-order chi connectivity index (χ0) is 15.6. The molecule has 2 aromatic rings. The van der Waals surface area contributed by atoms with Gasteiger partial charge < -0.3 is 10.6 Å². The SMILES string of the molecule is Cc1cccc(CN(C)c2nc(N)nc(C)c2[N+](=O)[O-])n1. The van der Waals surface area contributed by atoms with E-state index in [1.165, 1.54) is 0 Å². The topological polar surface area (TPSA) is 111 Å². The van der Waals surface area contributed by atoms with Crippen LogP contribution >= 0.6 is 0 Å². The molecule has 0 amide bonds. The lowest BCUT2D eigenvalue weighted by molar-refractivity contribution is -0.385. The Labute approximate surface area is 121 Å². The first-order valence-electron chi connectivity index (χ1n) is 6.30. The molecule has 0 aliphatic rings. The number of nitro groups is 1. The fourth-order valence-electron chi connectivity index (χ4n) is 2.06. The second-order valence-corrected chi connectivity index (χ2v) is 4.72. The molecule has 0 atom stereocenters. The zero-order valence-corrected chi connectivity index (χ0v) is 12.1. The lowest BCUT2D eigenvalue weighted by Crippen LogP contribution is -2.21. The summed E-state index contributed by atoms with van der Waals surface area (Å²) in [6, 6.07) is 5.63. The van der Waals surface area contributed by atoms with Crippen LogP contribution in [0.4, 0.5) is 17.5 Å². The smallest absolute Gasteiger partial charge is 0.332 e. The average Bonchev–Trinajstić information content (AvgIpc) is 2.37. The number of hydrogen-bond donors (Lipinski definition) is 1. The van der Waals surface area contributed by atoms with Crippen LogP contribution in [0.5, 0.6) is 0 Å². The summed E-state index contributed by atoms with van der Waals surface area (Å²) < 4.78 is 0. The van der Waals surface area contributed by atoms with Crippen molar-refractivity contribution in [1.29, 1.82) is 0 Å². The Morgan fingerprint density at radius 1 is 1.29 bits per heavy atom. The average molecular weight is 288 g/mol. The monoisotopic (exact) mass is 288 g/mol. The molecule has 2 aromatic heterocycles. The van der Waals surface area contributed by atoms with E-state index in [1.54, 1.807) is 18.9 Å². The van der Waals surface area contributed by atoms with E-state index in [1.807, 2.05) is 25.1 Å². The molecular formula is C13H16N6O2. The van der Waals surface area contributed by atoms with Crippen LogP contribution in [-0.4, -0.2) is 26.9 Å². The van der Waals surface area contributed by atoms with E-state index in [4.69, 9.17) is 5.73 Å². The van der Waals surface area contributed by atoms with Crippen LogP contribution < -0.4 is 10.6 Å². The van der Waals surface area contributed by atoms with Crippen LogP contribution in [0.1, 0.15) is 17.1 Å². The fraction of sp³-hybridized carbons (Fsp3) is 0.308. The Kier molecular flexibility index (Phi) is 3.97. The highest BCUT2D eigenvalue weighted by molar-refractivity contribution is 5.61. The first kappa shape index (κ1) is 14.6. The summed E-state index contributed by atoms with van der Waals surface area (Å²) in [6.07, 6.45) is 0. The molecule has 0 unspecified atom stereocenters. The molecule has 8 nitrogen and oxygen atoms in total. The van der Waals surface area contributed by atoms with Crippen molar-refractivity contribution >= 4 is 17.5 Å². The molecule has 2 N–H and O–H groups in total. The van der Waals surface area contributed by atoms with E-state index in [9.17, 15) is 10.1 Å². The van der Waals surface area contributed by atoms with Gasteiger partial charge in [-0.25, -0.2) is 4.98 Å². The number of rotatable bonds is 4. The third kappa shape index (κ3) is 3.22. The molecule has 0 aliphatic heterocycles. The van der Waals surface area contributed by atoms with Gasteiger partial charge in [0.15, 0.2) is 0 Å². The van der Waals surface area contributed by atoms with Crippen LogP contribution in [0.2, 0.25) is 0 Å². The van der Waals surface area contributed by atoms with Gasteiger partial charge in [0, 0.05) is 12.7 Å². The first-order chi connectivity index (χ1) is 9.88. The van der Waals surface area contributed by atoms with Crippen LogP contribution in [0.15, 0.2) is 18.2 Å². The molecule has 110 valence electrons. The van der Waals surface area contributed by atoms with E-state index in [0.717, 1.165) is 11.4 Å². The fourth-order valence-corrected chi connectivity index (χ4v) is 2.06. The number of anilines is 2. The van der Waals surface area contributed by atoms with Crippen molar-refractivity contribution in [2.24, 2.45) is 0 Å². The second-order valence-electron chi connectivity index (χ2n) is 4.72. The molecule has 8 heteroatoms. The summed E-state index contributed by atoms with van der Waals surface area (Å²) >= 11 is 0. The van der Waals surface area contributed by atoms with Gasteiger partial charge >= 0.3 is 5.69 Å². The predicted molar refractivity (Wildman–Crippen MR) is 78.9 cm³/mol. The number of hydrogen-bond acceptors (Lipinski definition) is 7. The highest BCUT2D eigenvalue weighted by atomic mass is 16.6. The summed E-state index contributed by atoms with van der Waals surface area (Å²) in [5.41, 5.74) is 7.38. The Morgan fingerprint density at radius 3 is 2.62 bits per heavy atom. The molecular weight excluding hydrogens is 272 g/mol. The third-order valence-electron chi connectivity index (χ3n) is 2.95. The van der Waals surface area contributed by atoms with Gasteiger partial charge in [-0.1, -0.05) is 6.07 Å². The molecule has 0 radical (unpaired) electrons. The van der Waals surface area contributed by atoms with Crippen molar-refractivity contribution < 1.29 is 4.92 Å². The molecule has 0 saturated carbocycles. The summed E-state index contributed by atoms with van der Waals surface area (Å²) in [7, 11) is 1.71. The highest BCUT2D eigenvalue weighted by Crippen LogP contribution is 2.29. The molecule has 0 spiro atoms. The number of nitrogens with zero attached hydrogens (tertiary/aromatic N) is 5. The molecule has 0 fully saturated rings. The Bertz CT molecular complexity index is 688. The van der Waals surface area contributed by atoms with E-state index in [0.29, 0.717) is 6.54 Å². The minimum atomic E-state index is -0.496. The molecule has 0 bridgehead atoms. The molecule has 0 saturated heterocycles. The molecule has 21 heavy (non-hydrogen) atoms. The van der Waals surface area contributed by atoms with Crippen molar-refractivity contribution in [3.05, 3.63) is 45.4 Å². The first-order valence-corrected chi connectivity index (χ1v) is 6.30. The number of aromatic nitrogens is 3. The molecule has 0 aliphatic carbocycles. The Hall–Kier alpha value is -2.77. The van der Waals surface area contributed by atoms with Crippen LogP contribution in [-0.2, 0) is 6.54 Å². The van der Waals surface area contributed by atoms with Gasteiger partial charge in [-0.2, -0.15) is 4.98 Å². The third-order valence-corrected chi connectivity index (χ3v) is 2.95. The number of nitrogens with two attached hydrogens (primary N) is 1. The normalized spacial score (nSPS) is 10.4. The standard InChI is InChI=1S/C13H16N6O2/c1-8-5-4-6-10(15-8)7-18(3)12-11(19(20)21)9(2)16-13(14)17-12/h4-6H,7H2,1-3H3,(H2,14,16,17). The Morgan fingerprint density at radius 2 is 2.00 bits per heavy atom. The molecule has 0 aromatic carbocycles. The maximum atomic E-state index is 11.2. The van der Waals surface area contributed by atoms with Crippen LogP contribution in [0.3, 0.4) is 0 Å². The van der Waals surface area contributed by atoms with Crippen LogP contribution in [0.25, 0.3) is 0 Å². The lowest BCUT2D eigenvalue weighted by atomic mass is 10.3. The summed E-state index contributed by atoms with van der Waals surface area (Å²) in [5.74, 6) is 0.199. The Balaban J connectivity index is 2.39. The second kappa shape index (κ2) is 5.70. The number of pyridine rings is 1. The van der Waals surface area contributed by atoms with Gasteiger partial charge in [0.05, 0.1) is 17.2 Å². The summed E-state index contributed by atoms with van der Waals surface area (Å²) in [4.78, 5) is 24.6. The molecule has 2 rings (SSSR count). The highest BCUT2D eigenvalue weighted by Gasteiger charge is 2.24. The van der Waals surface area contributed by atoms with Gasteiger partial charge in [-0.15, -0.1) is 0 Å².